The van der Waals surface area contributed by atoms with Crippen LogP contribution in [0.3, 0.4) is 0 Å². The zero-order valence-electron chi connectivity index (χ0n) is 21.5. The zero-order chi connectivity index (χ0) is 25.2. The standard InChI is InChI=1S/C26H37N5O4/c1-26(2,3)35-25(33)31-11-9-19(10-12-31)23-22(18-27-28(23)4)24(32)30-15-13-29(14-16-30)20-7-6-8-21(17-20)34-5/h6-8,17-19H,9-16H2,1-5H3. The van der Waals surface area contributed by atoms with E-state index in [1.807, 2.05) is 55.6 Å². The maximum atomic E-state index is 13.5. The lowest BCUT2D eigenvalue weighted by atomic mass is 9.91. The lowest BCUT2D eigenvalue weighted by Gasteiger charge is -2.37. The molecule has 0 aliphatic carbocycles. The lowest BCUT2D eigenvalue weighted by Crippen LogP contribution is -2.49. The molecule has 0 bridgehead atoms. The Morgan fingerprint density at radius 2 is 1.69 bits per heavy atom. The van der Waals surface area contributed by atoms with Crippen molar-refractivity contribution in [3.05, 3.63) is 41.7 Å². The Balaban J connectivity index is 1.38. The molecule has 0 saturated carbocycles. The van der Waals surface area contributed by atoms with Gasteiger partial charge in [0.2, 0.25) is 0 Å². The van der Waals surface area contributed by atoms with E-state index < -0.39 is 5.60 Å². The van der Waals surface area contributed by atoms with E-state index in [0.717, 1.165) is 43.1 Å². The third-order valence-corrected chi connectivity index (χ3v) is 6.73. The van der Waals surface area contributed by atoms with Crippen molar-refractivity contribution in [2.45, 2.75) is 45.1 Å². The van der Waals surface area contributed by atoms with Gasteiger partial charge in [0, 0.05) is 64.0 Å². The number of carbonyl (C=O) groups excluding carboxylic acids is 2. The first kappa shape index (κ1) is 24.9. The lowest BCUT2D eigenvalue weighted by molar-refractivity contribution is 0.0202. The first-order chi connectivity index (χ1) is 16.7. The number of anilines is 1. The SMILES string of the molecule is COc1cccc(N2CCN(C(=O)c3cnn(C)c3C3CCN(C(=O)OC(C)(C)C)CC3)CC2)c1. The molecule has 0 unspecified atom stereocenters. The van der Waals surface area contributed by atoms with E-state index in [-0.39, 0.29) is 17.9 Å². The maximum Gasteiger partial charge on any atom is 0.410 e. The van der Waals surface area contributed by atoms with Gasteiger partial charge in [-0.2, -0.15) is 5.10 Å². The number of ether oxygens (including phenoxy) is 2. The number of hydrogen-bond donors (Lipinski definition) is 0. The molecule has 2 saturated heterocycles. The smallest absolute Gasteiger partial charge is 0.410 e. The summed E-state index contributed by atoms with van der Waals surface area (Å²) in [6.45, 7) is 9.69. The van der Waals surface area contributed by atoms with Gasteiger partial charge >= 0.3 is 6.09 Å². The number of likely N-dealkylation sites (tertiary alicyclic amines) is 1. The second-order valence-corrected chi connectivity index (χ2v) is 10.3. The summed E-state index contributed by atoms with van der Waals surface area (Å²) in [7, 11) is 3.57. The van der Waals surface area contributed by atoms with Crippen LogP contribution in [-0.4, -0.2) is 83.6 Å². The van der Waals surface area contributed by atoms with Crippen LogP contribution in [0.1, 0.15) is 55.6 Å². The molecule has 0 atom stereocenters. The first-order valence-electron chi connectivity index (χ1n) is 12.3. The number of nitrogens with zero attached hydrogens (tertiary/aromatic N) is 5. The van der Waals surface area contributed by atoms with Crippen LogP contribution < -0.4 is 9.64 Å². The molecule has 1 aromatic carbocycles. The van der Waals surface area contributed by atoms with Gasteiger partial charge in [0.1, 0.15) is 11.4 Å². The number of piperazine rings is 1. The summed E-state index contributed by atoms with van der Waals surface area (Å²) in [6, 6.07) is 8.02. The third-order valence-electron chi connectivity index (χ3n) is 6.73. The summed E-state index contributed by atoms with van der Waals surface area (Å²) < 4.78 is 12.7. The number of aromatic nitrogens is 2. The predicted octanol–water partition coefficient (Wildman–Crippen LogP) is 3.51. The molecule has 0 N–H and O–H groups in total. The van der Waals surface area contributed by atoms with E-state index in [4.69, 9.17) is 9.47 Å². The fourth-order valence-corrected chi connectivity index (χ4v) is 4.90. The van der Waals surface area contributed by atoms with Crippen molar-refractivity contribution < 1.29 is 19.1 Å². The minimum atomic E-state index is -0.508. The molecule has 4 rings (SSSR count). The highest BCUT2D eigenvalue weighted by atomic mass is 16.6. The largest absolute Gasteiger partial charge is 0.497 e. The maximum absolute atomic E-state index is 13.5. The fraction of sp³-hybridized carbons (Fsp3) is 0.577. The molecule has 9 nitrogen and oxygen atoms in total. The Hall–Kier alpha value is -3.23. The quantitative estimate of drug-likeness (QED) is 0.662. The van der Waals surface area contributed by atoms with Gasteiger partial charge < -0.3 is 24.2 Å². The molecule has 2 amide bonds. The summed E-state index contributed by atoms with van der Waals surface area (Å²) in [5.74, 6) is 1.05. The first-order valence-corrected chi connectivity index (χ1v) is 12.3. The number of rotatable bonds is 4. The van der Waals surface area contributed by atoms with Crippen LogP contribution in [0.25, 0.3) is 0 Å². The number of benzene rings is 1. The Labute approximate surface area is 207 Å². The summed E-state index contributed by atoms with van der Waals surface area (Å²) in [5.41, 5.74) is 2.24. The van der Waals surface area contributed by atoms with Crippen LogP contribution in [0.15, 0.2) is 30.5 Å². The normalized spacial score (nSPS) is 17.5. The monoisotopic (exact) mass is 483 g/mol. The fourth-order valence-electron chi connectivity index (χ4n) is 4.90. The van der Waals surface area contributed by atoms with Crippen molar-refractivity contribution in [2.24, 2.45) is 7.05 Å². The molecule has 0 radical (unpaired) electrons. The van der Waals surface area contributed by atoms with Crippen molar-refractivity contribution in [2.75, 3.05) is 51.3 Å². The van der Waals surface area contributed by atoms with Crippen LogP contribution in [0.4, 0.5) is 10.5 Å². The highest BCUT2D eigenvalue weighted by Crippen LogP contribution is 2.32. The number of carbonyl (C=O) groups is 2. The van der Waals surface area contributed by atoms with E-state index in [1.54, 1.807) is 18.2 Å². The predicted molar refractivity (Wildman–Crippen MR) is 134 cm³/mol. The van der Waals surface area contributed by atoms with E-state index in [2.05, 4.69) is 16.1 Å². The zero-order valence-corrected chi connectivity index (χ0v) is 21.5. The van der Waals surface area contributed by atoms with Crippen LogP contribution in [0.2, 0.25) is 0 Å². The van der Waals surface area contributed by atoms with Gasteiger partial charge in [-0.05, 0) is 45.7 Å². The van der Waals surface area contributed by atoms with Crippen molar-refractivity contribution in [3.8, 4) is 5.75 Å². The molecule has 35 heavy (non-hydrogen) atoms. The second-order valence-electron chi connectivity index (χ2n) is 10.3. The highest BCUT2D eigenvalue weighted by Gasteiger charge is 2.33. The van der Waals surface area contributed by atoms with Crippen molar-refractivity contribution in [3.63, 3.8) is 0 Å². The van der Waals surface area contributed by atoms with Gasteiger partial charge in [0.05, 0.1) is 24.6 Å². The van der Waals surface area contributed by atoms with Crippen LogP contribution in [0, 0.1) is 0 Å². The van der Waals surface area contributed by atoms with E-state index in [1.165, 1.54) is 0 Å². The molecular weight excluding hydrogens is 446 g/mol. The average molecular weight is 484 g/mol. The minimum absolute atomic E-state index is 0.0352. The van der Waals surface area contributed by atoms with Gasteiger partial charge in [-0.15, -0.1) is 0 Å². The van der Waals surface area contributed by atoms with Crippen LogP contribution >= 0.6 is 0 Å². The Morgan fingerprint density at radius 3 is 2.31 bits per heavy atom. The molecule has 0 spiro atoms. The third kappa shape index (κ3) is 5.71. The average Bonchev–Trinajstić information content (AvgIpc) is 3.24. The van der Waals surface area contributed by atoms with Gasteiger partial charge in [0.15, 0.2) is 0 Å². The highest BCUT2D eigenvalue weighted by molar-refractivity contribution is 5.95. The number of piperidine rings is 1. The molecule has 2 aromatic rings. The number of aryl methyl sites for hydroxylation is 1. The topological polar surface area (TPSA) is 80.1 Å². The summed E-state index contributed by atoms with van der Waals surface area (Å²) in [5, 5.41) is 4.43. The molecule has 2 aliphatic rings. The summed E-state index contributed by atoms with van der Waals surface area (Å²) >= 11 is 0. The minimum Gasteiger partial charge on any atom is -0.497 e. The summed E-state index contributed by atoms with van der Waals surface area (Å²) in [6.07, 6.45) is 2.99. The Bertz CT molecular complexity index is 1040. The molecule has 2 fully saturated rings. The number of methoxy groups -OCH3 is 1. The molecule has 3 heterocycles. The van der Waals surface area contributed by atoms with Crippen molar-refractivity contribution in [1.82, 2.24) is 19.6 Å². The van der Waals surface area contributed by atoms with E-state index >= 15 is 0 Å². The Morgan fingerprint density at radius 1 is 1.00 bits per heavy atom. The van der Waals surface area contributed by atoms with E-state index in [0.29, 0.717) is 31.7 Å². The van der Waals surface area contributed by atoms with Crippen LogP contribution in [-0.2, 0) is 11.8 Å². The molecular formula is C26H37N5O4. The van der Waals surface area contributed by atoms with Gasteiger partial charge in [-0.3, -0.25) is 9.48 Å². The summed E-state index contributed by atoms with van der Waals surface area (Å²) in [4.78, 5) is 31.9. The van der Waals surface area contributed by atoms with Gasteiger partial charge in [0.25, 0.3) is 5.91 Å². The number of amides is 2. The molecule has 1 aromatic heterocycles. The Kier molecular flexibility index (Phi) is 7.23. The molecule has 2 aliphatic heterocycles. The second kappa shape index (κ2) is 10.2. The van der Waals surface area contributed by atoms with Crippen molar-refractivity contribution >= 4 is 17.7 Å². The molecule has 190 valence electrons. The van der Waals surface area contributed by atoms with E-state index in [9.17, 15) is 9.59 Å². The molecule has 9 heteroatoms. The van der Waals surface area contributed by atoms with Crippen molar-refractivity contribution in [1.29, 1.82) is 0 Å². The van der Waals surface area contributed by atoms with Gasteiger partial charge in [-0.1, -0.05) is 6.07 Å². The number of hydrogen-bond acceptors (Lipinski definition) is 6. The van der Waals surface area contributed by atoms with Crippen LogP contribution in [0.5, 0.6) is 5.75 Å². The van der Waals surface area contributed by atoms with Gasteiger partial charge in [-0.25, -0.2) is 4.79 Å².